The monoisotopic (exact) mass is 270 g/mol. The van der Waals surface area contributed by atoms with Gasteiger partial charge in [-0.3, -0.25) is 9.78 Å². The lowest BCUT2D eigenvalue weighted by Gasteiger charge is -2.06. The van der Waals surface area contributed by atoms with Gasteiger partial charge in [0.25, 0.3) is 0 Å². The van der Waals surface area contributed by atoms with Gasteiger partial charge in [0.2, 0.25) is 5.91 Å². The standard InChI is InChI=1S/C16H18N2O2/c19-11-1-2-16(20)18-15-5-3-13(4-6-15)12-14-7-9-17-10-8-14/h3-10,19H,1-2,11-12H2,(H,18,20). The first-order valence-electron chi connectivity index (χ1n) is 6.66. The van der Waals surface area contributed by atoms with Crippen molar-refractivity contribution < 1.29 is 9.90 Å². The molecule has 0 spiro atoms. The van der Waals surface area contributed by atoms with E-state index in [0.29, 0.717) is 12.8 Å². The van der Waals surface area contributed by atoms with E-state index in [-0.39, 0.29) is 12.5 Å². The minimum atomic E-state index is -0.0686. The number of aliphatic hydroxyl groups is 1. The van der Waals surface area contributed by atoms with E-state index >= 15 is 0 Å². The normalized spacial score (nSPS) is 10.2. The Labute approximate surface area is 118 Å². The van der Waals surface area contributed by atoms with Crippen LogP contribution >= 0.6 is 0 Å². The fourth-order valence-corrected chi connectivity index (χ4v) is 1.91. The first-order chi connectivity index (χ1) is 9.78. The Morgan fingerprint density at radius 2 is 1.70 bits per heavy atom. The molecule has 2 aromatic rings. The molecule has 0 fully saturated rings. The zero-order valence-electron chi connectivity index (χ0n) is 11.2. The number of amides is 1. The number of pyridine rings is 1. The molecule has 0 aliphatic carbocycles. The van der Waals surface area contributed by atoms with Crippen molar-refractivity contribution in [1.82, 2.24) is 4.98 Å². The molecule has 2 rings (SSSR count). The quantitative estimate of drug-likeness (QED) is 0.847. The fourth-order valence-electron chi connectivity index (χ4n) is 1.91. The van der Waals surface area contributed by atoms with E-state index in [1.165, 1.54) is 11.1 Å². The third-order valence-electron chi connectivity index (χ3n) is 2.96. The molecule has 2 N–H and O–H groups in total. The molecule has 104 valence electrons. The predicted molar refractivity (Wildman–Crippen MR) is 78.4 cm³/mol. The molecule has 1 aromatic carbocycles. The number of carbonyl (C=O) groups is 1. The van der Waals surface area contributed by atoms with E-state index in [9.17, 15) is 4.79 Å². The van der Waals surface area contributed by atoms with Gasteiger partial charge < -0.3 is 10.4 Å². The maximum Gasteiger partial charge on any atom is 0.224 e. The summed E-state index contributed by atoms with van der Waals surface area (Å²) in [5.74, 6) is -0.0686. The summed E-state index contributed by atoms with van der Waals surface area (Å²) in [6.45, 7) is 0.0400. The Morgan fingerprint density at radius 3 is 2.35 bits per heavy atom. The van der Waals surface area contributed by atoms with Gasteiger partial charge in [-0.2, -0.15) is 0 Å². The van der Waals surface area contributed by atoms with E-state index in [1.54, 1.807) is 12.4 Å². The van der Waals surface area contributed by atoms with E-state index in [2.05, 4.69) is 10.3 Å². The first-order valence-corrected chi connectivity index (χ1v) is 6.66. The summed E-state index contributed by atoms with van der Waals surface area (Å²) >= 11 is 0. The van der Waals surface area contributed by atoms with Crippen molar-refractivity contribution in [2.24, 2.45) is 0 Å². The van der Waals surface area contributed by atoms with Gasteiger partial charge in [0.05, 0.1) is 0 Å². The molecule has 1 amide bonds. The Kier molecular flexibility index (Phi) is 5.26. The number of carbonyl (C=O) groups excluding carboxylic acids is 1. The molecule has 0 aliphatic rings. The topological polar surface area (TPSA) is 62.2 Å². The van der Waals surface area contributed by atoms with Gasteiger partial charge in [0.1, 0.15) is 0 Å². The molecular formula is C16H18N2O2. The minimum absolute atomic E-state index is 0.0400. The van der Waals surface area contributed by atoms with Crippen LogP contribution in [0.25, 0.3) is 0 Å². The Bertz CT molecular complexity index is 538. The average molecular weight is 270 g/mol. The number of aliphatic hydroxyl groups excluding tert-OH is 1. The zero-order chi connectivity index (χ0) is 14.2. The molecule has 1 aromatic heterocycles. The lowest BCUT2D eigenvalue weighted by Crippen LogP contribution is -2.11. The second kappa shape index (κ2) is 7.40. The van der Waals surface area contributed by atoms with Gasteiger partial charge >= 0.3 is 0 Å². The average Bonchev–Trinajstić information content (AvgIpc) is 2.48. The third kappa shape index (κ3) is 4.48. The van der Waals surface area contributed by atoms with Crippen LogP contribution in [0.5, 0.6) is 0 Å². The summed E-state index contributed by atoms with van der Waals surface area (Å²) in [6.07, 6.45) is 5.25. The van der Waals surface area contributed by atoms with Crippen molar-refractivity contribution in [3.05, 3.63) is 59.9 Å². The van der Waals surface area contributed by atoms with Crippen LogP contribution in [0.2, 0.25) is 0 Å². The van der Waals surface area contributed by atoms with E-state index < -0.39 is 0 Å². The Hall–Kier alpha value is -2.20. The van der Waals surface area contributed by atoms with Gasteiger partial charge in [-0.25, -0.2) is 0 Å². The van der Waals surface area contributed by atoms with E-state index in [4.69, 9.17) is 5.11 Å². The maximum atomic E-state index is 11.5. The summed E-state index contributed by atoms with van der Waals surface area (Å²) in [5.41, 5.74) is 3.18. The van der Waals surface area contributed by atoms with Crippen molar-refractivity contribution in [2.45, 2.75) is 19.3 Å². The van der Waals surface area contributed by atoms with Crippen LogP contribution in [0.1, 0.15) is 24.0 Å². The Morgan fingerprint density at radius 1 is 1.05 bits per heavy atom. The highest BCUT2D eigenvalue weighted by Gasteiger charge is 2.02. The lowest BCUT2D eigenvalue weighted by molar-refractivity contribution is -0.116. The smallest absolute Gasteiger partial charge is 0.224 e. The van der Waals surface area contributed by atoms with Crippen molar-refractivity contribution in [1.29, 1.82) is 0 Å². The summed E-state index contributed by atoms with van der Waals surface area (Å²) in [5, 5.41) is 11.5. The molecular weight excluding hydrogens is 252 g/mol. The molecule has 0 saturated carbocycles. The number of hydrogen-bond acceptors (Lipinski definition) is 3. The molecule has 4 nitrogen and oxygen atoms in total. The largest absolute Gasteiger partial charge is 0.396 e. The second-order valence-electron chi connectivity index (χ2n) is 4.60. The molecule has 0 bridgehead atoms. The number of aromatic nitrogens is 1. The van der Waals surface area contributed by atoms with Crippen LogP contribution in [0, 0.1) is 0 Å². The molecule has 1 heterocycles. The number of anilines is 1. The highest BCUT2D eigenvalue weighted by molar-refractivity contribution is 5.90. The number of rotatable bonds is 6. The molecule has 0 atom stereocenters. The summed E-state index contributed by atoms with van der Waals surface area (Å²) in [4.78, 5) is 15.5. The van der Waals surface area contributed by atoms with Crippen LogP contribution in [-0.4, -0.2) is 22.6 Å². The molecule has 0 radical (unpaired) electrons. The lowest BCUT2D eigenvalue weighted by atomic mass is 10.1. The molecule has 0 saturated heterocycles. The SMILES string of the molecule is O=C(CCCO)Nc1ccc(Cc2ccncc2)cc1. The summed E-state index contributed by atoms with van der Waals surface area (Å²) in [6, 6.07) is 11.8. The third-order valence-corrected chi connectivity index (χ3v) is 2.96. The number of nitrogens with zero attached hydrogens (tertiary/aromatic N) is 1. The predicted octanol–water partition coefficient (Wildman–Crippen LogP) is 2.38. The minimum Gasteiger partial charge on any atom is -0.396 e. The van der Waals surface area contributed by atoms with Gasteiger partial charge in [-0.15, -0.1) is 0 Å². The van der Waals surface area contributed by atoms with Crippen LogP contribution in [-0.2, 0) is 11.2 Å². The van der Waals surface area contributed by atoms with Crippen molar-refractivity contribution in [2.75, 3.05) is 11.9 Å². The highest BCUT2D eigenvalue weighted by atomic mass is 16.3. The first kappa shape index (κ1) is 14.2. The summed E-state index contributed by atoms with van der Waals surface area (Å²) in [7, 11) is 0. The molecule has 4 heteroatoms. The zero-order valence-corrected chi connectivity index (χ0v) is 11.2. The number of nitrogens with one attached hydrogen (secondary N) is 1. The van der Waals surface area contributed by atoms with E-state index in [0.717, 1.165) is 12.1 Å². The maximum absolute atomic E-state index is 11.5. The highest BCUT2D eigenvalue weighted by Crippen LogP contribution is 2.13. The Balaban J connectivity index is 1.91. The number of benzene rings is 1. The van der Waals surface area contributed by atoms with Crippen LogP contribution in [0.15, 0.2) is 48.8 Å². The van der Waals surface area contributed by atoms with Gasteiger partial charge in [-0.1, -0.05) is 12.1 Å². The van der Waals surface area contributed by atoms with Crippen LogP contribution in [0.4, 0.5) is 5.69 Å². The molecule has 20 heavy (non-hydrogen) atoms. The van der Waals surface area contributed by atoms with Crippen LogP contribution in [0.3, 0.4) is 0 Å². The van der Waals surface area contributed by atoms with Crippen molar-refractivity contribution in [3.63, 3.8) is 0 Å². The number of hydrogen-bond donors (Lipinski definition) is 2. The van der Waals surface area contributed by atoms with Crippen molar-refractivity contribution >= 4 is 11.6 Å². The van der Waals surface area contributed by atoms with E-state index in [1.807, 2.05) is 36.4 Å². The van der Waals surface area contributed by atoms with Gasteiger partial charge in [-0.05, 0) is 48.2 Å². The second-order valence-corrected chi connectivity index (χ2v) is 4.60. The van der Waals surface area contributed by atoms with Gasteiger partial charge in [0, 0.05) is 31.1 Å². The molecule has 0 unspecified atom stereocenters. The molecule has 0 aliphatic heterocycles. The fraction of sp³-hybridized carbons (Fsp3) is 0.250. The summed E-state index contributed by atoms with van der Waals surface area (Å²) < 4.78 is 0. The van der Waals surface area contributed by atoms with Crippen molar-refractivity contribution in [3.8, 4) is 0 Å². The van der Waals surface area contributed by atoms with Gasteiger partial charge in [0.15, 0.2) is 0 Å². The van der Waals surface area contributed by atoms with Crippen LogP contribution < -0.4 is 5.32 Å².